The molecule has 0 aromatic carbocycles. The fraction of sp³-hybridized carbons (Fsp3) is 0.714. The maximum Gasteiger partial charge on any atom is 0.319 e. The van der Waals surface area contributed by atoms with Crippen molar-refractivity contribution in [1.82, 2.24) is 15.5 Å². The van der Waals surface area contributed by atoms with Crippen molar-refractivity contribution in [2.24, 2.45) is 16.7 Å². The van der Waals surface area contributed by atoms with E-state index in [2.05, 4.69) is 41.6 Å². The Labute approximate surface area is 113 Å². The summed E-state index contributed by atoms with van der Waals surface area (Å²) in [5, 5.41) is 12.5. The zero-order chi connectivity index (χ0) is 13.7. The van der Waals surface area contributed by atoms with E-state index in [1.165, 1.54) is 12.8 Å². The van der Waals surface area contributed by atoms with Crippen LogP contribution in [0.25, 0.3) is 0 Å². The number of carbonyl (C=O) groups excluding carboxylic acids is 1. The summed E-state index contributed by atoms with van der Waals surface area (Å²) in [5.74, 6) is 0.733. The van der Waals surface area contributed by atoms with Gasteiger partial charge in [-0.25, -0.2) is 4.79 Å². The van der Waals surface area contributed by atoms with Crippen LogP contribution in [0.2, 0.25) is 0 Å². The van der Waals surface area contributed by atoms with Gasteiger partial charge < -0.3 is 10.6 Å². The van der Waals surface area contributed by atoms with Crippen molar-refractivity contribution in [2.45, 2.75) is 46.1 Å². The summed E-state index contributed by atoms with van der Waals surface area (Å²) in [7, 11) is 0. The van der Waals surface area contributed by atoms with Crippen LogP contribution in [-0.2, 0) is 0 Å². The molecule has 1 heterocycles. The highest BCUT2D eigenvalue weighted by Gasteiger charge is 2.61. The third-order valence-corrected chi connectivity index (χ3v) is 5.86. The van der Waals surface area contributed by atoms with Crippen molar-refractivity contribution in [2.75, 3.05) is 5.32 Å². The van der Waals surface area contributed by atoms with Gasteiger partial charge in [0.2, 0.25) is 0 Å². The first-order chi connectivity index (χ1) is 8.93. The number of H-pyrrole nitrogens is 1. The summed E-state index contributed by atoms with van der Waals surface area (Å²) in [6, 6.07) is 0.143. The molecule has 0 aliphatic heterocycles. The molecule has 2 bridgehead atoms. The first-order valence-electron chi connectivity index (χ1n) is 7.00. The zero-order valence-electron chi connectivity index (χ0n) is 11.8. The largest absolute Gasteiger partial charge is 0.335 e. The molecule has 1 aromatic heterocycles. The molecular formula is C14H22N4O. The lowest BCUT2D eigenvalue weighted by Gasteiger charge is -2.39. The van der Waals surface area contributed by atoms with Crippen LogP contribution in [0.15, 0.2) is 12.4 Å². The molecule has 3 atom stereocenters. The molecule has 104 valence electrons. The summed E-state index contributed by atoms with van der Waals surface area (Å²) in [4.78, 5) is 12.0. The number of hydrogen-bond acceptors (Lipinski definition) is 2. The average molecular weight is 262 g/mol. The van der Waals surface area contributed by atoms with Crippen LogP contribution in [0.4, 0.5) is 10.5 Å². The second-order valence-corrected chi connectivity index (χ2v) is 6.75. The molecule has 2 aliphatic carbocycles. The quantitative estimate of drug-likeness (QED) is 0.767. The number of nitrogens with one attached hydrogen (secondary N) is 3. The second-order valence-electron chi connectivity index (χ2n) is 6.75. The van der Waals surface area contributed by atoms with Gasteiger partial charge in [0.1, 0.15) is 0 Å². The van der Waals surface area contributed by atoms with Crippen molar-refractivity contribution in [3.05, 3.63) is 12.4 Å². The molecule has 3 rings (SSSR count). The average Bonchev–Trinajstić information content (AvgIpc) is 2.95. The Bertz CT molecular complexity index is 482. The molecule has 2 saturated carbocycles. The van der Waals surface area contributed by atoms with Crippen LogP contribution in [0.3, 0.4) is 0 Å². The van der Waals surface area contributed by atoms with Crippen LogP contribution in [-0.4, -0.2) is 22.3 Å². The molecule has 3 N–H and O–H groups in total. The van der Waals surface area contributed by atoms with Gasteiger partial charge >= 0.3 is 6.03 Å². The summed E-state index contributed by atoms with van der Waals surface area (Å²) < 4.78 is 0. The number of aromatic nitrogens is 2. The third kappa shape index (κ3) is 1.75. The first-order valence-corrected chi connectivity index (χ1v) is 7.00. The van der Waals surface area contributed by atoms with E-state index in [1.54, 1.807) is 12.4 Å². The maximum absolute atomic E-state index is 12.0. The van der Waals surface area contributed by atoms with Gasteiger partial charge in [-0.15, -0.1) is 0 Å². The summed E-state index contributed by atoms with van der Waals surface area (Å²) in [6.07, 6.45) is 6.88. The lowest BCUT2D eigenvalue weighted by Crippen LogP contribution is -2.48. The number of anilines is 1. The number of carbonyl (C=O) groups is 1. The van der Waals surface area contributed by atoms with Crippen molar-refractivity contribution in [3.63, 3.8) is 0 Å². The lowest BCUT2D eigenvalue weighted by molar-refractivity contribution is 0.125. The minimum Gasteiger partial charge on any atom is -0.335 e. The molecule has 0 radical (unpaired) electrons. The van der Waals surface area contributed by atoms with E-state index < -0.39 is 0 Å². The van der Waals surface area contributed by atoms with Gasteiger partial charge in [-0.05, 0) is 36.0 Å². The Morgan fingerprint density at radius 2 is 2.26 bits per heavy atom. The van der Waals surface area contributed by atoms with E-state index in [4.69, 9.17) is 0 Å². The van der Waals surface area contributed by atoms with Gasteiger partial charge in [0.25, 0.3) is 0 Å². The minimum absolute atomic E-state index is 0.129. The molecule has 5 nitrogen and oxygen atoms in total. The van der Waals surface area contributed by atoms with Crippen molar-refractivity contribution in [3.8, 4) is 0 Å². The van der Waals surface area contributed by atoms with E-state index in [0.717, 1.165) is 12.3 Å². The van der Waals surface area contributed by atoms with E-state index in [1.807, 2.05) is 0 Å². The highest BCUT2D eigenvalue weighted by Crippen LogP contribution is 2.65. The molecule has 1 aromatic rings. The fourth-order valence-electron chi connectivity index (χ4n) is 4.07. The highest BCUT2D eigenvalue weighted by atomic mass is 16.2. The normalized spacial score (nSPS) is 35.3. The molecule has 0 saturated heterocycles. The lowest BCUT2D eigenvalue weighted by atomic mass is 9.69. The van der Waals surface area contributed by atoms with Crippen LogP contribution in [0.1, 0.15) is 40.0 Å². The highest BCUT2D eigenvalue weighted by molar-refractivity contribution is 5.89. The third-order valence-electron chi connectivity index (χ3n) is 5.86. The fourth-order valence-corrected chi connectivity index (χ4v) is 4.07. The number of nitrogens with zero attached hydrogens (tertiary/aromatic N) is 1. The Kier molecular flexibility index (Phi) is 2.62. The predicted octanol–water partition coefficient (Wildman–Crippen LogP) is 2.75. The molecule has 19 heavy (non-hydrogen) atoms. The van der Waals surface area contributed by atoms with Crippen molar-refractivity contribution >= 4 is 11.7 Å². The number of urea groups is 1. The Morgan fingerprint density at radius 3 is 2.79 bits per heavy atom. The van der Waals surface area contributed by atoms with Gasteiger partial charge in [-0.1, -0.05) is 20.8 Å². The van der Waals surface area contributed by atoms with E-state index in [9.17, 15) is 4.79 Å². The predicted molar refractivity (Wildman–Crippen MR) is 73.8 cm³/mol. The van der Waals surface area contributed by atoms with Crippen molar-refractivity contribution in [1.29, 1.82) is 0 Å². The number of rotatable bonds is 2. The molecule has 5 heteroatoms. The topological polar surface area (TPSA) is 69.8 Å². The standard InChI is InChI=1S/C14H22N4O/c1-13(2)9-4-5-14(13,3)11(6-9)18-12(19)17-10-7-15-16-8-10/h7-9,11H,4-6H2,1-3H3,(H,15,16)(H2,17,18,19)/t9-,11+,14-/m0/s1. The second kappa shape index (κ2) is 3.99. The van der Waals surface area contributed by atoms with Gasteiger partial charge in [0.05, 0.1) is 11.9 Å². The number of aromatic amines is 1. The SMILES string of the molecule is CC1(C)[C@H]2CC[C@@]1(C)[C@H](NC(=O)Nc1cn[nH]c1)C2. The summed E-state index contributed by atoms with van der Waals surface area (Å²) in [5.41, 5.74) is 1.23. The molecule has 2 amide bonds. The van der Waals surface area contributed by atoms with Crippen molar-refractivity contribution < 1.29 is 4.79 Å². The Balaban J connectivity index is 1.67. The van der Waals surface area contributed by atoms with Crippen LogP contribution in [0, 0.1) is 16.7 Å². The zero-order valence-corrected chi connectivity index (χ0v) is 11.8. The van der Waals surface area contributed by atoms with Crippen LogP contribution >= 0.6 is 0 Å². The van der Waals surface area contributed by atoms with Gasteiger partial charge in [0.15, 0.2) is 0 Å². The molecule has 0 spiro atoms. The smallest absolute Gasteiger partial charge is 0.319 e. The molecule has 2 fully saturated rings. The minimum atomic E-state index is -0.129. The molecule has 2 aliphatic rings. The summed E-state index contributed by atoms with van der Waals surface area (Å²) >= 11 is 0. The van der Waals surface area contributed by atoms with Gasteiger partial charge in [-0.2, -0.15) is 5.10 Å². The Hall–Kier alpha value is -1.52. The molecular weight excluding hydrogens is 240 g/mol. The number of amides is 2. The summed E-state index contributed by atoms with van der Waals surface area (Å²) in [6.45, 7) is 7.02. The first kappa shape index (κ1) is 12.5. The van der Waals surface area contributed by atoms with E-state index in [0.29, 0.717) is 11.1 Å². The van der Waals surface area contributed by atoms with E-state index in [-0.39, 0.29) is 17.5 Å². The monoisotopic (exact) mass is 262 g/mol. The number of hydrogen-bond donors (Lipinski definition) is 3. The van der Waals surface area contributed by atoms with Gasteiger partial charge in [0, 0.05) is 12.2 Å². The van der Waals surface area contributed by atoms with Gasteiger partial charge in [-0.3, -0.25) is 5.10 Å². The Morgan fingerprint density at radius 1 is 1.47 bits per heavy atom. The number of fused-ring (bicyclic) bond motifs is 2. The van der Waals surface area contributed by atoms with E-state index >= 15 is 0 Å². The van der Waals surface area contributed by atoms with Crippen LogP contribution in [0.5, 0.6) is 0 Å². The maximum atomic E-state index is 12.0. The molecule has 0 unspecified atom stereocenters. The van der Waals surface area contributed by atoms with Crippen LogP contribution < -0.4 is 10.6 Å².